The molecule has 43 heavy (non-hydrogen) atoms. The summed E-state index contributed by atoms with van der Waals surface area (Å²) in [4.78, 5) is 42.3. The first-order valence-corrected chi connectivity index (χ1v) is 16.6. The summed E-state index contributed by atoms with van der Waals surface area (Å²) in [6.07, 6.45) is 4.11. The number of nitrogens with zero attached hydrogens (tertiary/aromatic N) is 2. The number of carbonyl (C=O) groups excluding carboxylic acids is 3. The molecule has 3 atom stereocenters. The summed E-state index contributed by atoms with van der Waals surface area (Å²) in [5.41, 5.74) is -0.0211. The third-order valence-corrected chi connectivity index (χ3v) is 9.81. The summed E-state index contributed by atoms with van der Waals surface area (Å²) >= 11 is 0. The molecule has 0 bridgehead atoms. The van der Waals surface area contributed by atoms with Crippen molar-refractivity contribution in [1.29, 1.82) is 0 Å². The SMILES string of the molecule is CN[C@H](C(=O)N[C@H](C(=O)N(C)[C@H](/C=C(\C)C(=O)NS(=O)(=O)N1CCCCC1)C(C)C)C(C)(C)C)C(C)(C)c1ccccc1. The third-order valence-electron chi connectivity index (χ3n) is 8.32. The molecule has 3 amide bonds. The molecule has 0 aromatic heterocycles. The van der Waals surface area contributed by atoms with E-state index < -0.39 is 45.1 Å². The van der Waals surface area contributed by atoms with Gasteiger partial charge in [0.1, 0.15) is 6.04 Å². The first kappa shape index (κ1) is 36.4. The molecule has 11 heteroatoms. The number of rotatable bonds is 12. The minimum absolute atomic E-state index is 0.103. The largest absolute Gasteiger partial charge is 0.342 e. The molecule has 1 saturated heterocycles. The molecule has 10 nitrogen and oxygen atoms in total. The highest BCUT2D eigenvalue weighted by Crippen LogP contribution is 2.29. The smallest absolute Gasteiger partial charge is 0.304 e. The van der Waals surface area contributed by atoms with E-state index in [2.05, 4.69) is 15.4 Å². The van der Waals surface area contributed by atoms with Gasteiger partial charge in [-0.2, -0.15) is 12.7 Å². The number of amides is 3. The molecule has 0 spiro atoms. The van der Waals surface area contributed by atoms with E-state index >= 15 is 0 Å². The lowest BCUT2D eigenvalue weighted by Crippen LogP contribution is -2.61. The van der Waals surface area contributed by atoms with Crippen molar-refractivity contribution in [2.45, 2.75) is 98.2 Å². The van der Waals surface area contributed by atoms with Crippen LogP contribution < -0.4 is 15.4 Å². The predicted octanol–water partition coefficient (Wildman–Crippen LogP) is 3.36. The summed E-state index contributed by atoms with van der Waals surface area (Å²) in [6, 6.07) is 7.74. The minimum Gasteiger partial charge on any atom is -0.342 e. The van der Waals surface area contributed by atoms with Crippen molar-refractivity contribution in [3.05, 3.63) is 47.5 Å². The van der Waals surface area contributed by atoms with Crippen LogP contribution in [0.25, 0.3) is 0 Å². The number of piperidine rings is 1. The molecule has 242 valence electrons. The van der Waals surface area contributed by atoms with Gasteiger partial charge in [-0.15, -0.1) is 0 Å². The number of hydrogen-bond donors (Lipinski definition) is 3. The van der Waals surface area contributed by atoms with Crippen molar-refractivity contribution < 1.29 is 22.8 Å². The van der Waals surface area contributed by atoms with Crippen molar-refractivity contribution in [2.24, 2.45) is 11.3 Å². The lowest BCUT2D eigenvalue weighted by Gasteiger charge is -2.40. The Hall–Kier alpha value is -2.76. The zero-order valence-corrected chi connectivity index (χ0v) is 28.5. The van der Waals surface area contributed by atoms with Crippen LogP contribution in [0.15, 0.2) is 42.0 Å². The molecule has 0 radical (unpaired) electrons. The Kier molecular flexibility index (Phi) is 12.5. The van der Waals surface area contributed by atoms with Gasteiger partial charge in [0, 0.05) is 31.1 Å². The fraction of sp³-hybridized carbons (Fsp3) is 0.656. The molecule has 1 fully saturated rings. The summed E-state index contributed by atoms with van der Waals surface area (Å²) in [6.45, 7) is 15.8. The number of likely N-dealkylation sites (N-methyl/N-ethyl adjacent to an activating group) is 2. The fourth-order valence-electron chi connectivity index (χ4n) is 5.53. The quantitative estimate of drug-likeness (QED) is 0.308. The molecule has 0 unspecified atom stereocenters. The zero-order valence-electron chi connectivity index (χ0n) is 27.7. The molecule has 0 aliphatic carbocycles. The van der Waals surface area contributed by atoms with Crippen LogP contribution in [0.3, 0.4) is 0 Å². The predicted molar refractivity (Wildman–Crippen MR) is 171 cm³/mol. The van der Waals surface area contributed by atoms with E-state index in [4.69, 9.17) is 0 Å². The van der Waals surface area contributed by atoms with E-state index in [1.54, 1.807) is 27.1 Å². The lowest BCUT2D eigenvalue weighted by molar-refractivity contribution is -0.140. The monoisotopic (exact) mass is 619 g/mol. The van der Waals surface area contributed by atoms with Crippen molar-refractivity contribution >= 4 is 27.9 Å². The Morgan fingerprint density at radius 3 is 2.00 bits per heavy atom. The first-order valence-electron chi connectivity index (χ1n) is 15.1. The van der Waals surface area contributed by atoms with Crippen molar-refractivity contribution in [3.8, 4) is 0 Å². The van der Waals surface area contributed by atoms with Crippen LogP contribution in [0.4, 0.5) is 0 Å². The number of benzene rings is 1. The maximum atomic E-state index is 14.0. The molecular weight excluding hydrogens is 566 g/mol. The minimum atomic E-state index is -3.95. The standard InChI is InChI=1S/C32H53N5O5S/c1-22(2)25(21-23(3)28(38)35-43(41,42)37-19-15-12-16-20-37)36(10)30(40)27(31(4,5)6)34-29(39)26(33-9)32(7,8)24-17-13-11-14-18-24/h11,13-14,17-18,21-22,25-27,33H,12,15-16,19-20H2,1-10H3,(H,34,39)(H,35,38)/b23-21+/t25-,26-,27-/m1/s1. The van der Waals surface area contributed by atoms with Gasteiger partial charge in [0.2, 0.25) is 11.8 Å². The van der Waals surface area contributed by atoms with Gasteiger partial charge >= 0.3 is 10.2 Å². The number of nitrogens with one attached hydrogen (secondary N) is 3. The van der Waals surface area contributed by atoms with Crippen LogP contribution in [0.5, 0.6) is 0 Å². The molecular formula is C32H53N5O5S. The van der Waals surface area contributed by atoms with Gasteiger partial charge in [-0.25, -0.2) is 4.72 Å². The average Bonchev–Trinajstić information content (AvgIpc) is 2.93. The molecule has 1 heterocycles. The Balaban J connectivity index is 2.29. The topological polar surface area (TPSA) is 128 Å². The van der Waals surface area contributed by atoms with Gasteiger partial charge in [0.25, 0.3) is 5.91 Å². The van der Waals surface area contributed by atoms with Gasteiger partial charge in [-0.1, -0.05) is 91.3 Å². The van der Waals surface area contributed by atoms with Crippen molar-refractivity contribution in [2.75, 3.05) is 27.2 Å². The van der Waals surface area contributed by atoms with E-state index in [1.807, 2.05) is 78.8 Å². The first-order chi connectivity index (χ1) is 19.8. The van der Waals surface area contributed by atoms with E-state index in [1.165, 1.54) is 9.21 Å². The van der Waals surface area contributed by atoms with E-state index in [-0.39, 0.29) is 23.3 Å². The molecule has 1 aliphatic heterocycles. The van der Waals surface area contributed by atoms with Crippen LogP contribution in [-0.4, -0.2) is 80.7 Å². The Morgan fingerprint density at radius 2 is 1.51 bits per heavy atom. The molecule has 2 rings (SSSR count). The Labute approximate surface area is 259 Å². The van der Waals surface area contributed by atoms with Crippen molar-refractivity contribution in [3.63, 3.8) is 0 Å². The lowest BCUT2D eigenvalue weighted by atomic mass is 9.76. The van der Waals surface area contributed by atoms with Gasteiger partial charge in [0.05, 0.1) is 12.1 Å². The summed E-state index contributed by atoms with van der Waals surface area (Å²) in [5, 5.41) is 6.17. The molecule has 0 saturated carbocycles. The highest BCUT2D eigenvalue weighted by Gasteiger charge is 2.41. The summed E-state index contributed by atoms with van der Waals surface area (Å²) in [5.74, 6) is -1.43. The van der Waals surface area contributed by atoms with Gasteiger partial charge in [-0.3, -0.25) is 14.4 Å². The molecule has 3 N–H and O–H groups in total. The fourth-order valence-corrected chi connectivity index (χ4v) is 6.79. The number of hydrogen-bond acceptors (Lipinski definition) is 6. The van der Waals surface area contributed by atoms with Crippen LogP contribution in [0, 0.1) is 11.3 Å². The second-order valence-corrected chi connectivity index (χ2v) is 15.2. The van der Waals surface area contributed by atoms with Crippen molar-refractivity contribution in [1.82, 2.24) is 24.6 Å². The Bertz CT molecular complexity index is 1250. The highest BCUT2D eigenvalue weighted by atomic mass is 32.2. The van der Waals surface area contributed by atoms with Crippen LogP contribution in [0.1, 0.15) is 80.2 Å². The second-order valence-electron chi connectivity index (χ2n) is 13.5. The molecule has 1 aliphatic rings. The zero-order chi connectivity index (χ0) is 32.8. The summed E-state index contributed by atoms with van der Waals surface area (Å²) in [7, 11) is -0.574. The van der Waals surface area contributed by atoms with E-state index in [0.717, 1.165) is 24.8 Å². The normalized spacial score (nSPS) is 17.6. The van der Waals surface area contributed by atoms with Crippen LogP contribution >= 0.6 is 0 Å². The third kappa shape index (κ3) is 9.36. The van der Waals surface area contributed by atoms with Crippen LogP contribution in [0.2, 0.25) is 0 Å². The molecule has 1 aromatic carbocycles. The van der Waals surface area contributed by atoms with E-state index in [0.29, 0.717) is 13.1 Å². The number of carbonyl (C=O) groups is 3. The average molecular weight is 620 g/mol. The molecule has 1 aromatic rings. The van der Waals surface area contributed by atoms with Crippen LogP contribution in [-0.2, 0) is 30.0 Å². The highest BCUT2D eigenvalue weighted by molar-refractivity contribution is 7.87. The Morgan fingerprint density at radius 1 is 0.953 bits per heavy atom. The maximum absolute atomic E-state index is 14.0. The second kappa shape index (κ2) is 14.8. The van der Waals surface area contributed by atoms with Gasteiger partial charge in [0.15, 0.2) is 0 Å². The maximum Gasteiger partial charge on any atom is 0.304 e. The van der Waals surface area contributed by atoms with Gasteiger partial charge in [-0.05, 0) is 43.7 Å². The summed E-state index contributed by atoms with van der Waals surface area (Å²) < 4.78 is 29.0. The van der Waals surface area contributed by atoms with E-state index in [9.17, 15) is 22.8 Å². The van der Waals surface area contributed by atoms with Gasteiger partial charge < -0.3 is 15.5 Å².